The summed E-state index contributed by atoms with van der Waals surface area (Å²) in [4.78, 5) is 0. The molecular weight excluding hydrogens is 108 g/mol. The topological polar surface area (TPSA) is 0 Å². The van der Waals surface area contributed by atoms with Gasteiger partial charge in [0.25, 0.3) is 0 Å². The predicted octanol–water partition coefficient (Wildman–Crippen LogP) is 3.06. The average Bonchev–Trinajstić information content (AvgIpc) is 1.91. The minimum absolute atomic E-state index is 1.16. The molecule has 0 saturated carbocycles. The first-order valence-electron chi connectivity index (χ1n) is 3.76. The summed E-state index contributed by atoms with van der Waals surface area (Å²) >= 11 is 0. The molecule has 0 aromatic rings. The van der Waals surface area contributed by atoms with Gasteiger partial charge in [0.15, 0.2) is 0 Å². The molecular formula is C9H14. The third kappa shape index (κ3) is 2.05. The van der Waals surface area contributed by atoms with Crippen molar-refractivity contribution in [3.63, 3.8) is 0 Å². The zero-order chi connectivity index (χ0) is 6.53. The third-order valence-corrected chi connectivity index (χ3v) is 1.66. The third-order valence-electron chi connectivity index (χ3n) is 1.66. The highest BCUT2D eigenvalue weighted by Gasteiger charge is 1.95. The molecule has 0 spiro atoms. The summed E-state index contributed by atoms with van der Waals surface area (Å²) in [5.41, 5.74) is 1.63. The molecule has 0 bridgehead atoms. The Morgan fingerprint density at radius 2 is 2.33 bits per heavy atom. The molecule has 0 fully saturated rings. The molecule has 1 aliphatic carbocycles. The van der Waals surface area contributed by atoms with E-state index in [1.54, 1.807) is 5.57 Å². The molecule has 0 N–H and O–H groups in total. The highest BCUT2D eigenvalue weighted by molar-refractivity contribution is 5.14. The smallest absolute Gasteiger partial charge is 0.0139 e. The van der Waals surface area contributed by atoms with Crippen molar-refractivity contribution in [2.45, 2.75) is 32.6 Å². The van der Waals surface area contributed by atoms with Gasteiger partial charge in [-0.1, -0.05) is 37.1 Å². The van der Waals surface area contributed by atoms with Crippen LogP contribution in [-0.4, -0.2) is 0 Å². The van der Waals surface area contributed by atoms with Gasteiger partial charge < -0.3 is 0 Å². The maximum absolute atomic E-state index is 2.35. The molecule has 0 aliphatic heterocycles. The fourth-order valence-electron chi connectivity index (χ4n) is 1.17. The lowest BCUT2D eigenvalue weighted by molar-refractivity contribution is 0.865. The molecule has 9 heavy (non-hydrogen) atoms. The summed E-state index contributed by atoms with van der Waals surface area (Å²) in [6, 6.07) is 0. The van der Waals surface area contributed by atoms with Gasteiger partial charge in [0.05, 0.1) is 0 Å². The number of allylic oxidation sites excluding steroid dienone is 4. The van der Waals surface area contributed by atoms with Crippen LogP contribution in [0.2, 0.25) is 0 Å². The molecule has 0 heterocycles. The lowest BCUT2D eigenvalue weighted by Gasteiger charge is -2.04. The van der Waals surface area contributed by atoms with Crippen LogP contribution in [0.1, 0.15) is 32.6 Å². The Kier molecular flexibility index (Phi) is 2.56. The highest BCUT2D eigenvalue weighted by atomic mass is 14.0. The molecule has 50 valence electrons. The SMILES string of the molecule is CCCC1=CCC=CC1. The van der Waals surface area contributed by atoms with Gasteiger partial charge in [0, 0.05) is 0 Å². The van der Waals surface area contributed by atoms with Crippen LogP contribution in [0.3, 0.4) is 0 Å². The van der Waals surface area contributed by atoms with Gasteiger partial charge in [0.1, 0.15) is 0 Å². The first kappa shape index (κ1) is 6.60. The van der Waals surface area contributed by atoms with E-state index in [9.17, 15) is 0 Å². The molecule has 0 radical (unpaired) electrons. The highest BCUT2D eigenvalue weighted by Crippen LogP contribution is 2.15. The van der Waals surface area contributed by atoms with Crippen molar-refractivity contribution in [1.82, 2.24) is 0 Å². The predicted molar refractivity (Wildman–Crippen MR) is 41.4 cm³/mol. The first-order valence-corrected chi connectivity index (χ1v) is 3.76. The second-order valence-electron chi connectivity index (χ2n) is 2.52. The quantitative estimate of drug-likeness (QED) is 0.494. The number of hydrogen-bond donors (Lipinski definition) is 0. The van der Waals surface area contributed by atoms with E-state index in [2.05, 4.69) is 25.2 Å². The molecule has 0 saturated heterocycles. The van der Waals surface area contributed by atoms with E-state index in [0.717, 1.165) is 6.42 Å². The van der Waals surface area contributed by atoms with Crippen molar-refractivity contribution in [2.24, 2.45) is 0 Å². The van der Waals surface area contributed by atoms with Crippen molar-refractivity contribution in [2.75, 3.05) is 0 Å². The summed E-state index contributed by atoms with van der Waals surface area (Å²) < 4.78 is 0. The summed E-state index contributed by atoms with van der Waals surface area (Å²) in [5.74, 6) is 0. The lowest BCUT2D eigenvalue weighted by atomic mass is 10.0. The van der Waals surface area contributed by atoms with Gasteiger partial charge in [0.2, 0.25) is 0 Å². The van der Waals surface area contributed by atoms with Crippen LogP contribution < -0.4 is 0 Å². The van der Waals surface area contributed by atoms with Gasteiger partial charge in [-0.2, -0.15) is 0 Å². The van der Waals surface area contributed by atoms with Crippen LogP contribution in [0.15, 0.2) is 23.8 Å². The van der Waals surface area contributed by atoms with E-state index in [1.807, 2.05) is 0 Å². The van der Waals surface area contributed by atoms with E-state index in [4.69, 9.17) is 0 Å². The molecule has 1 aliphatic rings. The Hall–Kier alpha value is -0.520. The molecule has 0 atom stereocenters. The van der Waals surface area contributed by atoms with Gasteiger partial charge in [-0.05, 0) is 19.3 Å². The second kappa shape index (κ2) is 3.49. The van der Waals surface area contributed by atoms with E-state index >= 15 is 0 Å². The van der Waals surface area contributed by atoms with Crippen LogP contribution in [-0.2, 0) is 0 Å². The Balaban J connectivity index is 2.32. The van der Waals surface area contributed by atoms with Gasteiger partial charge in [-0.25, -0.2) is 0 Å². The fraction of sp³-hybridized carbons (Fsp3) is 0.556. The lowest BCUT2D eigenvalue weighted by Crippen LogP contribution is -1.84. The molecule has 1 rings (SSSR count). The van der Waals surface area contributed by atoms with Crippen LogP contribution in [0.5, 0.6) is 0 Å². The van der Waals surface area contributed by atoms with E-state index in [1.165, 1.54) is 19.3 Å². The van der Waals surface area contributed by atoms with Crippen LogP contribution >= 0.6 is 0 Å². The fourth-order valence-corrected chi connectivity index (χ4v) is 1.17. The molecule has 0 amide bonds. The Bertz CT molecular complexity index is 129. The molecule has 0 heteroatoms. The summed E-state index contributed by atoms with van der Waals surface area (Å²) in [5, 5.41) is 0. The molecule has 0 aromatic heterocycles. The van der Waals surface area contributed by atoms with Crippen molar-refractivity contribution in [3.8, 4) is 0 Å². The second-order valence-corrected chi connectivity index (χ2v) is 2.52. The minimum Gasteiger partial charge on any atom is -0.0844 e. The Labute approximate surface area is 57.3 Å². The van der Waals surface area contributed by atoms with Gasteiger partial charge >= 0.3 is 0 Å². The minimum atomic E-state index is 1.16. The monoisotopic (exact) mass is 122 g/mol. The standard InChI is InChI=1S/C9H14/c1-2-6-9-7-4-3-5-8-9/h3-4,8H,2,5-7H2,1H3. The Morgan fingerprint density at radius 1 is 1.44 bits per heavy atom. The normalized spacial score (nSPS) is 17.7. The number of rotatable bonds is 2. The van der Waals surface area contributed by atoms with Crippen molar-refractivity contribution in [1.29, 1.82) is 0 Å². The number of hydrogen-bond acceptors (Lipinski definition) is 0. The maximum atomic E-state index is 2.35. The molecule has 0 aromatic carbocycles. The summed E-state index contributed by atoms with van der Waals surface area (Å²) in [6.45, 7) is 2.24. The van der Waals surface area contributed by atoms with Crippen LogP contribution in [0, 0.1) is 0 Å². The molecule has 0 unspecified atom stereocenters. The van der Waals surface area contributed by atoms with Gasteiger partial charge in [-0.15, -0.1) is 0 Å². The van der Waals surface area contributed by atoms with Crippen LogP contribution in [0.4, 0.5) is 0 Å². The van der Waals surface area contributed by atoms with Crippen LogP contribution in [0.25, 0.3) is 0 Å². The summed E-state index contributed by atoms with van der Waals surface area (Å²) in [6.07, 6.45) is 11.8. The van der Waals surface area contributed by atoms with Crippen molar-refractivity contribution < 1.29 is 0 Å². The zero-order valence-corrected chi connectivity index (χ0v) is 6.06. The van der Waals surface area contributed by atoms with Crippen molar-refractivity contribution >= 4 is 0 Å². The average molecular weight is 122 g/mol. The van der Waals surface area contributed by atoms with E-state index < -0.39 is 0 Å². The van der Waals surface area contributed by atoms with Crippen molar-refractivity contribution in [3.05, 3.63) is 23.8 Å². The largest absolute Gasteiger partial charge is 0.0844 e. The summed E-state index contributed by atoms with van der Waals surface area (Å²) in [7, 11) is 0. The van der Waals surface area contributed by atoms with E-state index in [0.29, 0.717) is 0 Å². The van der Waals surface area contributed by atoms with Gasteiger partial charge in [-0.3, -0.25) is 0 Å². The first-order chi connectivity index (χ1) is 4.43. The van der Waals surface area contributed by atoms with E-state index in [-0.39, 0.29) is 0 Å². The Morgan fingerprint density at radius 3 is 2.89 bits per heavy atom. The molecule has 0 nitrogen and oxygen atoms in total. The maximum Gasteiger partial charge on any atom is -0.0139 e. The zero-order valence-electron chi connectivity index (χ0n) is 6.06.